The van der Waals surface area contributed by atoms with Gasteiger partial charge in [-0.05, 0) is 22.9 Å². The number of hydrogen-bond acceptors (Lipinski definition) is 2. The highest BCUT2D eigenvalue weighted by Crippen LogP contribution is 2.25. The Labute approximate surface area is 98.2 Å². The zero-order valence-corrected chi connectivity index (χ0v) is 11.0. The molecule has 0 atom stereocenters. The van der Waals surface area contributed by atoms with Gasteiger partial charge in [0.2, 0.25) is 0 Å². The fraction of sp³-hybridized carbons (Fsp3) is 0.364. The van der Waals surface area contributed by atoms with E-state index in [1.54, 1.807) is 7.11 Å². The number of ether oxygens (including phenoxy) is 1. The Bertz CT molecular complexity index is 451. The molecule has 0 radical (unpaired) electrons. The Hall–Kier alpha value is -1.03. The predicted molar refractivity (Wildman–Crippen MR) is 65.5 cm³/mol. The molecule has 0 aliphatic rings. The Kier molecular flexibility index (Phi) is 4.15. The molecule has 0 bridgehead atoms. The molecule has 2 aromatic rings. The van der Waals surface area contributed by atoms with Crippen LogP contribution in [-0.4, -0.2) is 16.5 Å². The average Bonchev–Trinajstić information content (AvgIpc) is 2.59. The van der Waals surface area contributed by atoms with Gasteiger partial charge in [0.25, 0.3) is 0 Å². The molecule has 0 aliphatic carbocycles. The number of pyridine rings is 1. The van der Waals surface area contributed by atoms with Gasteiger partial charge in [-0.25, -0.2) is 4.98 Å². The fourth-order valence-electron chi connectivity index (χ4n) is 1.27. The van der Waals surface area contributed by atoms with E-state index in [1.165, 1.54) is 0 Å². The van der Waals surface area contributed by atoms with Gasteiger partial charge in [-0.2, -0.15) is 0 Å². The van der Waals surface area contributed by atoms with Gasteiger partial charge in [-0.3, -0.25) is 0 Å². The summed E-state index contributed by atoms with van der Waals surface area (Å²) in [6.07, 6.45) is 3.91. The van der Waals surface area contributed by atoms with Crippen molar-refractivity contribution in [3.05, 3.63) is 28.6 Å². The third-order valence-electron chi connectivity index (χ3n) is 1.85. The van der Waals surface area contributed by atoms with Gasteiger partial charge >= 0.3 is 0 Å². The highest BCUT2D eigenvalue weighted by atomic mass is 79.9. The van der Waals surface area contributed by atoms with E-state index in [1.807, 2.05) is 43.6 Å². The van der Waals surface area contributed by atoms with E-state index in [2.05, 4.69) is 20.9 Å². The number of imidazole rings is 1. The van der Waals surface area contributed by atoms with Crippen LogP contribution in [0.1, 0.15) is 19.5 Å². The SMILES string of the molecule is CC.COc1cc2nc(C)cn2cc1Br. The Morgan fingerprint density at radius 1 is 1.33 bits per heavy atom. The first-order chi connectivity index (χ1) is 7.20. The predicted octanol–water partition coefficient (Wildman–Crippen LogP) is 3.44. The van der Waals surface area contributed by atoms with Crippen LogP contribution in [0.5, 0.6) is 5.75 Å². The van der Waals surface area contributed by atoms with Gasteiger partial charge in [0, 0.05) is 18.5 Å². The topological polar surface area (TPSA) is 26.5 Å². The number of halogens is 1. The molecule has 0 saturated carbocycles. The monoisotopic (exact) mass is 270 g/mol. The van der Waals surface area contributed by atoms with Crippen LogP contribution in [0.2, 0.25) is 0 Å². The molecule has 0 fully saturated rings. The standard InChI is InChI=1S/C9H9BrN2O.C2H6/c1-6-4-12-5-7(10)8(13-2)3-9(12)11-6;1-2/h3-5H,1-2H3;1-2H3. The summed E-state index contributed by atoms with van der Waals surface area (Å²) in [5.41, 5.74) is 1.90. The van der Waals surface area contributed by atoms with Crippen molar-refractivity contribution < 1.29 is 4.74 Å². The largest absolute Gasteiger partial charge is 0.495 e. The first kappa shape index (κ1) is 12.0. The molecule has 2 rings (SSSR count). The van der Waals surface area contributed by atoms with Gasteiger partial charge in [0.1, 0.15) is 11.4 Å². The van der Waals surface area contributed by atoms with E-state index in [4.69, 9.17) is 4.74 Å². The maximum absolute atomic E-state index is 5.16. The average molecular weight is 271 g/mol. The minimum Gasteiger partial charge on any atom is -0.495 e. The molecule has 2 heterocycles. The number of rotatable bonds is 1. The molecule has 0 amide bonds. The molecule has 0 unspecified atom stereocenters. The van der Waals surface area contributed by atoms with Crippen molar-refractivity contribution in [2.75, 3.05) is 7.11 Å². The second kappa shape index (κ2) is 5.16. The number of aromatic nitrogens is 2. The second-order valence-electron chi connectivity index (χ2n) is 2.84. The third kappa shape index (κ3) is 2.50. The molecule has 0 saturated heterocycles. The number of aryl methyl sites for hydroxylation is 1. The van der Waals surface area contributed by atoms with Crippen molar-refractivity contribution >= 4 is 21.6 Å². The van der Waals surface area contributed by atoms with E-state index in [-0.39, 0.29) is 0 Å². The lowest BCUT2D eigenvalue weighted by molar-refractivity contribution is 0.412. The summed E-state index contributed by atoms with van der Waals surface area (Å²) >= 11 is 3.41. The Balaban J connectivity index is 0.000000531. The summed E-state index contributed by atoms with van der Waals surface area (Å²) < 4.78 is 8.05. The smallest absolute Gasteiger partial charge is 0.140 e. The van der Waals surface area contributed by atoms with E-state index in [0.29, 0.717) is 0 Å². The second-order valence-corrected chi connectivity index (χ2v) is 3.69. The van der Waals surface area contributed by atoms with Crippen LogP contribution in [0.4, 0.5) is 0 Å². The molecular weight excluding hydrogens is 256 g/mol. The van der Waals surface area contributed by atoms with Crippen molar-refractivity contribution in [2.24, 2.45) is 0 Å². The molecular formula is C11H15BrN2O. The third-order valence-corrected chi connectivity index (χ3v) is 2.44. The maximum Gasteiger partial charge on any atom is 0.140 e. The van der Waals surface area contributed by atoms with Gasteiger partial charge in [0.15, 0.2) is 0 Å². The molecule has 15 heavy (non-hydrogen) atoms. The summed E-state index contributed by atoms with van der Waals surface area (Å²) in [7, 11) is 1.65. The minimum atomic E-state index is 0.804. The highest BCUT2D eigenvalue weighted by Gasteiger charge is 2.04. The van der Waals surface area contributed by atoms with Gasteiger partial charge in [0.05, 0.1) is 17.3 Å². The van der Waals surface area contributed by atoms with Crippen molar-refractivity contribution in [1.29, 1.82) is 0 Å². The molecule has 82 valence electrons. The Morgan fingerprint density at radius 2 is 2.00 bits per heavy atom. The zero-order valence-electron chi connectivity index (χ0n) is 9.41. The van der Waals surface area contributed by atoms with E-state index in [0.717, 1.165) is 21.6 Å². The van der Waals surface area contributed by atoms with E-state index < -0.39 is 0 Å². The quantitative estimate of drug-likeness (QED) is 0.794. The summed E-state index contributed by atoms with van der Waals surface area (Å²) in [5, 5.41) is 0. The number of fused-ring (bicyclic) bond motifs is 1. The zero-order chi connectivity index (χ0) is 11.4. The van der Waals surface area contributed by atoms with Crippen molar-refractivity contribution in [1.82, 2.24) is 9.38 Å². The molecule has 0 aliphatic heterocycles. The lowest BCUT2D eigenvalue weighted by Gasteiger charge is -2.02. The molecule has 3 nitrogen and oxygen atoms in total. The van der Waals surface area contributed by atoms with Crippen LogP contribution >= 0.6 is 15.9 Å². The van der Waals surface area contributed by atoms with Crippen molar-refractivity contribution in [3.63, 3.8) is 0 Å². The number of nitrogens with zero attached hydrogens (tertiary/aromatic N) is 2. The van der Waals surface area contributed by atoms with Crippen LogP contribution in [0.25, 0.3) is 5.65 Å². The summed E-state index contributed by atoms with van der Waals surface area (Å²) in [6, 6.07) is 1.90. The first-order valence-electron chi connectivity index (χ1n) is 4.89. The van der Waals surface area contributed by atoms with Gasteiger partial charge in [-0.15, -0.1) is 0 Å². The van der Waals surface area contributed by atoms with Crippen LogP contribution < -0.4 is 4.74 Å². The van der Waals surface area contributed by atoms with Crippen LogP contribution in [-0.2, 0) is 0 Å². The van der Waals surface area contributed by atoms with E-state index in [9.17, 15) is 0 Å². The highest BCUT2D eigenvalue weighted by molar-refractivity contribution is 9.10. The normalized spacial score (nSPS) is 9.67. The van der Waals surface area contributed by atoms with Gasteiger partial charge in [-0.1, -0.05) is 13.8 Å². The molecule has 4 heteroatoms. The molecule has 0 aromatic carbocycles. The summed E-state index contributed by atoms with van der Waals surface area (Å²) in [6.45, 7) is 5.97. The van der Waals surface area contributed by atoms with Crippen molar-refractivity contribution in [3.8, 4) is 5.75 Å². The molecule has 0 N–H and O–H groups in total. The van der Waals surface area contributed by atoms with Crippen LogP contribution in [0.15, 0.2) is 22.9 Å². The minimum absolute atomic E-state index is 0.804. The van der Waals surface area contributed by atoms with Crippen molar-refractivity contribution in [2.45, 2.75) is 20.8 Å². The molecule has 2 aromatic heterocycles. The maximum atomic E-state index is 5.16. The number of methoxy groups -OCH3 is 1. The lowest BCUT2D eigenvalue weighted by atomic mass is 10.4. The fourth-order valence-corrected chi connectivity index (χ4v) is 1.77. The first-order valence-corrected chi connectivity index (χ1v) is 5.69. The summed E-state index contributed by atoms with van der Waals surface area (Å²) in [4.78, 5) is 4.32. The Morgan fingerprint density at radius 3 is 2.60 bits per heavy atom. The van der Waals surface area contributed by atoms with Crippen LogP contribution in [0.3, 0.4) is 0 Å². The molecule has 0 spiro atoms. The van der Waals surface area contributed by atoms with E-state index >= 15 is 0 Å². The lowest BCUT2D eigenvalue weighted by Crippen LogP contribution is -1.88. The number of hydrogen-bond donors (Lipinski definition) is 0. The summed E-state index contributed by atoms with van der Waals surface area (Å²) in [5.74, 6) is 0.804. The van der Waals surface area contributed by atoms with Gasteiger partial charge < -0.3 is 9.14 Å². The van der Waals surface area contributed by atoms with Crippen LogP contribution in [0, 0.1) is 6.92 Å².